The van der Waals surface area contributed by atoms with Gasteiger partial charge in [0.1, 0.15) is 0 Å². The van der Waals surface area contributed by atoms with Gasteiger partial charge in [0.2, 0.25) is 5.91 Å². The molecule has 2 aliphatic rings. The van der Waals surface area contributed by atoms with E-state index in [0.29, 0.717) is 25.8 Å². The third-order valence-electron chi connectivity index (χ3n) is 4.63. The summed E-state index contributed by atoms with van der Waals surface area (Å²) in [6.07, 6.45) is 16.4. The number of hydrogen-bond donors (Lipinski definition) is 1. The van der Waals surface area contributed by atoms with Crippen LogP contribution in [-0.4, -0.2) is 40.6 Å². The van der Waals surface area contributed by atoms with Crippen molar-refractivity contribution in [2.75, 3.05) is 6.54 Å². The van der Waals surface area contributed by atoms with E-state index in [4.69, 9.17) is 9.84 Å². The van der Waals surface area contributed by atoms with Crippen LogP contribution in [-0.2, 0) is 14.3 Å². The summed E-state index contributed by atoms with van der Waals surface area (Å²) in [5.74, 6) is 0.0255. The zero-order chi connectivity index (χ0) is 18.1. The summed E-state index contributed by atoms with van der Waals surface area (Å²) in [5.41, 5.74) is 0. The van der Waals surface area contributed by atoms with Crippen LogP contribution in [0.15, 0.2) is 36.1 Å². The van der Waals surface area contributed by atoms with Crippen molar-refractivity contribution in [3.8, 4) is 0 Å². The van der Waals surface area contributed by atoms with Crippen LogP contribution in [0.25, 0.3) is 0 Å². The molecule has 1 fully saturated rings. The Labute approximate surface area is 150 Å². The smallest absolute Gasteiger partial charge is 0.345 e. The van der Waals surface area contributed by atoms with Crippen molar-refractivity contribution in [3.05, 3.63) is 36.1 Å². The van der Waals surface area contributed by atoms with Gasteiger partial charge in [-0.3, -0.25) is 4.79 Å². The fourth-order valence-electron chi connectivity index (χ4n) is 3.19. The molecular weight excluding hydrogens is 318 g/mol. The Morgan fingerprint density at radius 1 is 1.40 bits per heavy atom. The molecule has 1 unspecified atom stereocenters. The Morgan fingerprint density at radius 2 is 2.24 bits per heavy atom. The number of ether oxygens (including phenoxy) is 1. The Morgan fingerprint density at radius 3 is 2.96 bits per heavy atom. The van der Waals surface area contributed by atoms with Gasteiger partial charge in [0.15, 0.2) is 6.10 Å². The molecule has 0 aromatic rings. The molecule has 138 valence electrons. The zero-order valence-corrected chi connectivity index (χ0v) is 15.0. The van der Waals surface area contributed by atoms with Gasteiger partial charge in [-0.25, -0.2) is 4.79 Å². The summed E-state index contributed by atoms with van der Waals surface area (Å²) in [6, 6.07) is 0.175. The Balaban J connectivity index is 1.73. The zero-order valence-electron chi connectivity index (χ0n) is 15.0. The topological polar surface area (TPSA) is 66.8 Å². The molecule has 2 atom stereocenters. The van der Waals surface area contributed by atoms with Crippen molar-refractivity contribution in [3.63, 3.8) is 0 Å². The van der Waals surface area contributed by atoms with Gasteiger partial charge in [0, 0.05) is 25.8 Å². The summed E-state index contributed by atoms with van der Waals surface area (Å²) in [5, 5.41) is 8.92. The van der Waals surface area contributed by atoms with Gasteiger partial charge >= 0.3 is 5.97 Å². The van der Waals surface area contributed by atoms with E-state index < -0.39 is 12.1 Å². The SMILES string of the molecule is CCCC/C=C/C=C/[C@H]1CCC(=O)N1CCCC1=CCC(C(=O)O)O1. The standard InChI is InChI=1S/C20H29NO4/c1-2-3-4-5-6-7-9-16-11-14-19(22)21(16)15-8-10-17-12-13-18(25-17)20(23)24/h5-7,9,12,16,18H,2-4,8,10-11,13-15H2,1H3,(H,23,24)/b6-5+,9-7+/t16-,18?/m0/s1. The third-order valence-corrected chi connectivity index (χ3v) is 4.63. The van der Waals surface area contributed by atoms with Crippen LogP contribution < -0.4 is 0 Å². The van der Waals surface area contributed by atoms with Crippen LogP contribution in [0.5, 0.6) is 0 Å². The van der Waals surface area contributed by atoms with Crippen LogP contribution in [0.4, 0.5) is 0 Å². The molecule has 2 rings (SSSR count). The van der Waals surface area contributed by atoms with Crippen molar-refractivity contribution in [1.29, 1.82) is 0 Å². The number of allylic oxidation sites excluding steroid dienone is 4. The molecule has 0 aromatic carbocycles. The van der Waals surface area contributed by atoms with E-state index in [2.05, 4.69) is 25.2 Å². The fourth-order valence-corrected chi connectivity index (χ4v) is 3.19. The van der Waals surface area contributed by atoms with E-state index in [9.17, 15) is 9.59 Å². The number of carbonyl (C=O) groups is 2. The van der Waals surface area contributed by atoms with E-state index in [-0.39, 0.29) is 11.9 Å². The number of rotatable bonds is 10. The number of unbranched alkanes of at least 4 members (excludes halogenated alkanes) is 2. The van der Waals surface area contributed by atoms with Crippen molar-refractivity contribution in [1.82, 2.24) is 4.90 Å². The van der Waals surface area contributed by atoms with Crippen molar-refractivity contribution in [2.24, 2.45) is 0 Å². The summed E-state index contributed by atoms with van der Waals surface area (Å²) in [6.45, 7) is 2.87. The van der Waals surface area contributed by atoms with Gasteiger partial charge in [0.05, 0.1) is 11.8 Å². The predicted molar refractivity (Wildman–Crippen MR) is 97.0 cm³/mol. The quantitative estimate of drug-likeness (QED) is 0.482. The largest absolute Gasteiger partial charge is 0.483 e. The number of carbonyl (C=O) groups excluding carboxylic acids is 1. The van der Waals surface area contributed by atoms with Gasteiger partial charge in [-0.15, -0.1) is 0 Å². The Hall–Kier alpha value is -2.04. The predicted octanol–water partition coefficient (Wildman–Crippen LogP) is 3.82. The van der Waals surface area contributed by atoms with Crippen LogP contribution in [0, 0.1) is 0 Å². The maximum Gasteiger partial charge on any atom is 0.345 e. The highest BCUT2D eigenvalue weighted by molar-refractivity contribution is 5.79. The van der Waals surface area contributed by atoms with E-state index in [1.807, 2.05) is 17.1 Å². The van der Waals surface area contributed by atoms with E-state index in [0.717, 1.165) is 25.0 Å². The Bertz CT molecular complexity index is 550. The third kappa shape index (κ3) is 6.07. The molecule has 0 bridgehead atoms. The highest BCUT2D eigenvalue weighted by Crippen LogP contribution is 2.24. The van der Waals surface area contributed by atoms with E-state index in [1.165, 1.54) is 12.8 Å². The molecule has 0 radical (unpaired) electrons. The maximum absolute atomic E-state index is 12.1. The van der Waals surface area contributed by atoms with Gasteiger partial charge in [-0.2, -0.15) is 0 Å². The number of carboxylic acids is 1. The molecule has 2 heterocycles. The minimum absolute atomic E-state index is 0.175. The number of hydrogen-bond acceptors (Lipinski definition) is 3. The summed E-state index contributed by atoms with van der Waals surface area (Å²) in [4.78, 5) is 24.9. The van der Waals surface area contributed by atoms with Crippen LogP contribution in [0.1, 0.15) is 58.3 Å². The van der Waals surface area contributed by atoms with Gasteiger partial charge in [0.25, 0.3) is 0 Å². The minimum Gasteiger partial charge on any atom is -0.483 e. The Kier molecular flexibility index (Phi) is 7.76. The van der Waals surface area contributed by atoms with E-state index in [1.54, 1.807) is 0 Å². The lowest BCUT2D eigenvalue weighted by Gasteiger charge is -2.22. The number of aliphatic carboxylic acids is 1. The second-order valence-electron chi connectivity index (χ2n) is 6.60. The lowest BCUT2D eigenvalue weighted by atomic mass is 10.2. The molecule has 1 amide bonds. The average Bonchev–Trinajstić information content (AvgIpc) is 3.19. The number of nitrogens with zero attached hydrogens (tertiary/aromatic N) is 1. The summed E-state index contributed by atoms with van der Waals surface area (Å²) >= 11 is 0. The molecule has 25 heavy (non-hydrogen) atoms. The molecule has 1 N–H and O–H groups in total. The molecule has 5 nitrogen and oxygen atoms in total. The number of carboxylic acid groups (broad SMARTS) is 1. The normalized spacial score (nSPS) is 23.6. The van der Waals surface area contributed by atoms with Gasteiger partial charge < -0.3 is 14.7 Å². The molecular formula is C20H29NO4. The van der Waals surface area contributed by atoms with Gasteiger partial charge in [-0.1, -0.05) is 44.1 Å². The average molecular weight is 347 g/mol. The monoisotopic (exact) mass is 347 g/mol. The number of amides is 1. The van der Waals surface area contributed by atoms with Crippen LogP contribution >= 0.6 is 0 Å². The first kappa shape index (κ1) is 19.3. The van der Waals surface area contributed by atoms with E-state index >= 15 is 0 Å². The minimum atomic E-state index is -0.918. The summed E-state index contributed by atoms with van der Waals surface area (Å²) in [7, 11) is 0. The molecule has 0 aliphatic carbocycles. The van der Waals surface area contributed by atoms with Crippen molar-refractivity contribution < 1.29 is 19.4 Å². The molecule has 2 aliphatic heterocycles. The fraction of sp³-hybridized carbons (Fsp3) is 0.600. The maximum atomic E-state index is 12.1. The van der Waals surface area contributed by atoms with Crippen LogP contribution in [0.3, 0.4) is 0 Å². The summed E-state index contributed by atoms with van der Waals surface area (Å²) < 4.78 is 5.39. The first-order valence-corrected chi connectivity index (χ1v) is 9.33. The lowest BCUT2D eigenvalue weighted by Crippen LogP contribution is -2.32. The molecule has 0 spiro atoms. The second kappa shape index (κ2) is 10.1. The molecule has 1 saturated heterocycles. The number of likely N-dealkylation sites (tertiary alicyclic amines) is 1. The van der Waals surface area contributed by atoms with Crippen LogP contribution in [0.2, 0.25) is 0 Å². The first-order chi connectivity index (χ1) is 12.1. The van der Waals surface area contributed by atoms with Crippen molar-refractivity contribution in [2.45, 2.75) is 70.4 Å². The molecule has 0 saturated carbocycles. The molecule has 5 heteroatoms. The highest BCUT2D eigenvalue weighted by Gasteiger charge is 2.29. The first-order valence-electron chi connectivity index (χ1n) is 9.33. The second-order valence-corrected chi connectivity index (χ2v) is 6.60. The highest BCUT2D eigenvalue weighted by atomic mass is 16.5. The lowest BCUT2D eigenvalue weighted by molar-refractivity contribution is -0.146. The van der Waals surface area contributed by atoms with Crippen molar-refractivity contribution >= 4 is 11.9 Å². The molecule has 0 aromatic heterocycles. The van der Waals surface area contributed by atoms with Gasteiger partial charge in [-0.05, 0) is 25.3 Å².